The van der Waals surface area contributed by atoms with Gasteiger partial charge in [-0.3, -0.25) is 0 Å². The Morgan fingerprint density at radius 3 is 2.50 bits per heavy atom. The molecule has 1 aliphatic rings. The lowest BCUT2D eigenvalue weighted by Crippen LogP contribution is -2.28. The molecule has 0 amide bonds. The number of hydrogen-bond donors (Lipinski definition) is 2. The van der Waals surface area contributed by atoms with Crippen LogP contribution in [0.4, 0.5) is 17.6 Å². The Hall–Kier alpha value is -1.52. The average Bonchev–Trinajstić information content (AvgIpc) is 2.27. The number of rotatable bonds is 3. The van der Waals surface area contributed by atoms with Crippen LogP contribution in [0.25, 0.3) is 0 Å². The maximum atomic E-state index is 5.78. The molecule has 0 bridgehead atoms. The largest absolute Gasteiger partial charge is 0.370 e. The van der Waals surface area contributed by atoms with Crippen LogP contribution in [0, 0.1) is 0 Å². The first-order valence-corrected chi connectivity index (χ1v) is 6.93. The highest BCUT2D eigenvalue weighted by atomic mass is 15.2. The van der Waals surface area contributed by atoms with Crippen molar-refractivity contribution in [1.82, 2.24) is 9.97 Å². The molecule has 1 aliphatic heterocycles. The summed E-state index contributed by atoms with van der Waals surface area (Å²) in [5, 5.41) is 3.20. The highest BCUT2D eigenvalue weighted by Crippen LogP contribution is 2.20. The van der Waals surface area contributed by atoms with Gasteiger partial charge in [-0.1, -0.05) is 19.3 Å². The lowest BCUT2D eigenvalue weighted by atomic mass is 10.1. The second-order valence-corrected chi connectivity index (χ2v) is 4.75. The molecular weight excluding hydrogens is 226 g/mol. The van der Waals surface area contributed by atoms with Gasteiger partial charge in [-0.2, -0.15) is 9.97 Å². The molecule has 0 aromatic carbocycles. The predicted octanol–water partition coefficient (Wildman–Crippen LogP) is 2.26. The van der Waals surface area contributed by atoms with Gasteiger partial charge in [0.1, 0.15) is 11.6 Å². The second kappa shape index (κ2) is 6.42. The van der Waals surface area contributed by atoms with Crippen LogP contribution in [0.3, 0.4) is 0 Å². The minimum absolute atomic E-state index is 0.352. The standard InChI is InChI=1S/C13H23N5/c1-2-15-11-10-12(17-13(14)16-11)18-8-6-4-3-5-7-9-18/h10H,2-9H2,1H3,(H3,14,15,16,17). The van der Waals surface area contributed by atoms with E-state index in [1.54, 1.807) is 0 Å². The molecule has 3 N–H and O–H groups in total. The molecule has 0 atom stereocenters. The highest BCUT2D eigenvalue weighted by molar-refractivity contribution is 5.52. The zero-order chi connectivity index (χ0) is 12.8. The van der Waals surface area contributed by atoms with Crippen LogP contribution in [0.15, 0.2) is 6.07 Å². The zero-order valence-corrected chi connectivity index (χ0v) is 11.2. The number of nitrogen functional groups attached to an aromatic ring is 1. The monoisotopic (exact) mass is 249 g/mol. The summed E-state index contributed by atoms with van der Waals surface area (Å²) >= 11 is 0. The Labute approximate surface area is 109 Å². The fourth-order valence-corrected chi connectivity index (χ4v) is 2.36. The minimum Gasteiger partial charge on any atom is -0.370 e. The summed E-state index contributed by atoms with van der Waals surface area (Å²) in [5.41, 5.74) is 5.78. The summed E-state index contributed by atoms with van der Waals surface area (Å²) in [7, 11) is 0. The van der Waals surface area contributed by atoms with Crippen molar-refractivity contribution in [3.05, 3.63) is 6.07 Å². The number of nitrogens with zero attached hydrogens (tertiary/aromatic N) is 3. The molecule has 5 heteroatoms. The van der Waals surface area contributed by atoms with E-state index < -0.39 is 0 Å². The van der Waals surface area contributed by atoms with Crippen molar-refractivity contribution in [3.8, 4) is 0 Å². The van der Waals surface area contributed by atoms with E-state index in [2.05, 4.69) is 20.2 Å². The van der Waals surface area contributed by atoms with Gasteiger partial charge in [-0.15, -0.1) is 0 Å². The maximum Gasteiger partial charge on any atom is 0.223 e. The van der Waals surface area contributed by atoms with Gasteiger partial charge < -0.3 is 16.0 Å². The van der Waals surface area contributed by atoms with E-state index in [4.69, 9.17) is 5.73 Å². The third-order valence-electron chi connectivity index (χ3n) is 3.27. The third kappa shape index (κ3) is 3.48. The molecule has 18 heavy (non-hydrogen) atoms. The number of hydrogen-bond acceptors (Lipinski definition) is 5. The molecule has 0 radical (unpaired) electrons. The van der Waals surface area contributed by atoms with E-state index in [0.717, 1.165) is 31.3 Å². The van der Waals surface area contributed by atoms with Crippen molar-refractivity contribution in [2.24, 2.45) is 0 Å². The molecule has 0 spiro atoms. The smallest absolute Gasteiger partial charge is 0.223 e. The Bertz CT molecular complexity index is 372. The number of aromatic nitrogens is 2. The van der Waals surface area contributed by atoms with Crippen LogP contribution >= 0.6 is 0 Å². The first-order chi connectivity index (χ1) is 8.79. The van der Waals surface area contributed by atoms with Gasteiger partial charge in [-0.05, 0) is 19.8 Å². The molecule has 1 aromatic rings. The summed E-state index contributed by atoms with van der Waals surface area (Å²) < 4.78 is 0. The Kier molecular flexibility index (Phi) is 4.61. The summed E-state index contributed by atoms with van der Waals surface area (Å²) in [5.74, 6) is 2.13. The molecule has 2 rings (SSSR count). The Morgan fingerprint density at radius 2 is 1.83 bits per heavy atom. The van der Waals surface area contributed by atoms with Gasteiger partial charge in [0.15, 0.2) is 0 Å². The van der Waals surface area contributed by atoms with Gasteiger partial charge in [-0.25, -0.2) is 0 Å². The molecular formula is C13H23N5. The number of nitrogens with two attached hydrogens (primary N) is 1. The van der Waals surface area contributed by atoms with Gasteiger partial charge in [0, 0.05) is 25.7 Å². The summed E-state index contributed by atoms with van der Waals surface area (Å²) in [6.07, 6.45) is 6.47. The lowest BCUT2D eigenvalue weighted by Gasteiger charge is -2.26. The van der Waals surface area contributed by atoms with Gasteiger partial charge in [0.2, 0.25) is 5.95 Å². The molecule has 0 unspecified atom stereocenters. The first kappa shape index (κ1) is 12.9. The topological polar surface area (TPSA) is 67.1 Å². The van der Waals surface area contributed by atoms with Crippen LogP contribution < -0.4 is 16.0 Å². The van der Waals surface area contributed by atoms with Crippen LogP contribution in [0.2, 0.25) is 0 Å². The van der Waals surface area contributed by atoms with Gasteiger partial charge >= 0.3 is 0 Å². The molecule has 100 valence electrons. The predicted molar refractivity (Wildman–Crippen MR) is 75.9 cm³/mol. The first-order valence-electron chi connectivity index (χ1n) is 6.93. The zero-order valence-electron chi connectivity index (χ0n) is 11.2. The van der Waals surface area contributed by atoms with Crippen molar-refractivity contribution >= 4 is 17.6 Å². The normalized spacial score (nSPS) is 17.1. The summed E-state index contributed by atoms with van der Waals surface area (Å²) in [4.78, 5) is 10.9. The highest BCUT2D eigenvalue weighted by Gasteiger charge is 2.12. The lowest BCUT2D eigenvalue weighted by molar-refractivity contribution is 0.554. The van der Waals surface area contributed by atoms with Crippen molar-refractivity contribution in [3.63, 3.8) is 0 Å². The Balaban J connectivity index is 2.14. The van der Waals surface area contributed by atoms with Crippen LogP contribution in [0.5, 0.6) is 0 Å². The summed E-state index contributed by atoms with van der Waals surface area (Å²) in [6.45, 7) is 5.04. The molecule has 0 aliphatic carbocycles. The fraction of sp³-hybridized carbons (Fsp3) is 0.692. The minimum atomic E-state index is 0.352. The molecule has 1 saturated heterocycles. The average molecular weight is 249 g/mol. The summed E-state index contributed by atoms with van der Waals surface area (Å²) in [6, 6.07) is 2.00. The fourth-order valence-electron chi connectivity index (χ4n) is 2.36. The molecule has 5 nitrogen and oxygen atoms in total. The number of anilines is 3. The van der Waals surface area contributed by atoms with E-state index in [1.807, 2.05) is 13.0 Å². The van der Waals surface area contributed by atoms with E-state index in [0.29, 0.717) is 5.95 Å². The second-order valence-electron chi connectivity index (χ2n) is 4.75. The van der Waals surface area contributed by atoms with Crippen molar-refractivity contribution in [2.75, 3.05) is 35.6 Å². The van der Waals surface area contributed by atoms with Crippen molar-refractivity contribution in [2.45, 2.75) is 39.0 Å². The quantitative estimate of drug-likeness (QED) is 0.860. The molecule has 1 aromatic heterocycles. The third-order valence-corrected chi connectivity index (χ3v) is 3.27. The molecule has 0 saturated carbocycles. The van der Waals surface area contributed by atoms with Crippen molar-refractivity contribution in [1.29, 1.82) is 0 Å². The molecule has 1 fully saturated rings. The van der Waals surface area contributed by atoms with Crippen LogP contribution in [-0.4, -0.2) is 29.6 Å². The van der Waals surface area contributed by atoms with Gasteiger partial charge in [0.05, 0.1) is 0 Å². The number of nitrogens with one attached hydrogen (secondary N) is 1. The van der Waals surface area contributed by atoms with E-state index in [-0.39, 0.29) is 0 Å². The van der Waals surface area contributed by atoms with E-state index >= 15 is 0 Å². The maximum absolute atomic E-state index is 5.78. The van der Waals surface area contributed by atoms with Crippen LogP contribution in [0.1, 0.15) is 39.0 Å². The van der Waals surface area contributed by atoms with Gasteiger partial charge in [0.25, 0.3) is 0 Å². The van der Waals surface area contributed by atoms with E-state index in [1.165, 1.54) is 32.1 Å². The SMILES string of the molecule is CCNc1cc(N2CCCCCCC2)nc(N)n1. The van der Waals surface area contributed by atoms with Crippen LogP contribution in [-0.2, 0) is 0 Å². The van der Waals surface area contributed by atoms with Crippen molar-refractivity contribution < 1.29 is 0 Å². The van der Waals surface area contributed by atoms with E-state index in [9.17, 15) is 0 Å². The Morgan fingerprint density at radius 1 is 1.17 bits per heavy atom. The molecule has 2 heterocycles.